The highest BCUT2D eigenvalue weighted by atomic mass is 16.5. The summed E-state index contributed by atoms with van der Waals surface area (Å²) < 4.78 is 5.71. The molecule has 0 spiro atoms. The maximum atomic E-state index is 5.71. The lowest BCUT2D eigenvalue weighted by Gasteiger charge is -2.29. The fraction of sp³-hybridized carbons (Fsp3) is 0.538. The third-order valence-electron chi connectivity index (χ3n) is 4.32. The topological polar surface area (TPSA) is 9.23 Å². The van der Waals surface area contributed by atoms with Gasteiger partial charge >= 0.3 is 0 Å². The van der Waals surface area contributed by atoms with Crippen molar-refractivity contribution in [1.82, 2.24) is 0 Å². The van der Waals surface area contributed by atoms with Gasteiger partial charge in [-0.2, -0.15) is 0 Å². The minimum absolute atomic E-state index is 0.0919. The Hall–Kier alpha value is -0.820. The third-order valence-corrected chi connectivity index (χ3v) is 4.32. The quantitative estimate of drug-likeness (QED) is 0.605. The van der Waals surface area contributed by atoms with E-state index in [0.29, 0.717) is 17.8 Å². The molecule has 1 heteroatoms. The maximum Gasteiger partial charge on any atom is 0.0927 e. The van der Waals surface area contributed by atoms with Crippen LogP contribution in [0.4, 0.5) is 0 Å². The Morgan fingerprint density at radius 3 is 2.86 bits per heavy atom. The number of ether oxygens (including phenoxy) is 1. The van der Waals surface area contributed by atoms with Crippen molar-refractivity contribution in [2.24, 2.45) is 23.7 Å². The van der Waals surface area contributed by atoms with E-state index in [1.54, 1.807) is 0 Å². The molecule has 0 aromatic heterocycles. The lowest BCUT2D eigenvalue weighted by molar-refractivity contribution is 0.00881. The Kier molecular flexibility index (Phi) is 1.58. The Labute approximate surface area is 85.1 Å². The van der Waals surface area contributed by atoms with Crippen molar-refractivity contribution in [3.05, 3.63) is 37.0 Å². The predicted octanol–water partition coefficient (Wildman–Crippen LogP) is 2.57. The van der Waals surface area contributed by atoms with E-state index >= 15 is 0 Å². The summed E-state index contributed by atoms with van der Waals surface area (Å²) in [5.41, 5.74) is -0.0919. The minimum atomic E-state index is -0.0919. The van der Waals surface area contributed by atoms with Gasteiger partial charge in [0.15, 0.2) is 0 Å². The van der Waals surface area contributed by atoms with Crippen LogP contribution in [0.15, 0.2) is 37.0 Å². The normalized spacial score (nSPS) is 52.6. The van der Waals surface area contributed by atoms with Crippen molar-refractivity contribution in [2.75, 3.05) is 7.11 Å². The molecule has 0 aliphatic heterocycles. The number of methoxy groups -OCH3 is 1. The van der Waals surface area contributed by atoms with E-state index in [1.807, 2.05) is 13.2 Å². The van der Waals surface area contributed by atoms with Gasteiger partial charge in [0.05, 0.1) is 5.60 Å². The van der Waals surface area contributed by atoms with Gasteiger partial charge in [-0.1, -0.05) is 30.4 Å². The molecular formula is C13H16O. The van der Waals surface area contributed by atoms with Gasteiger partial charge in [-0.25, -0.2) is 0 Å². The maximum absolute atomic E-state index is 5.71. The van der Waals surface area contributed by atoms with Crippen molar-refractivity contribution in [3.8, 4) is 0 Å². The SMILES string of the molecule is C=C[C@]1(OC)C[C@@H]2C=C[C@H]3C=C[C@H]1[C@@H]32. The Bertz CT molecular complexity index is 328. The molecule has 0 radical (unpaired) electrons. The van der Waals surface area contributed by atoms with E-state index in [9.17, 15) is 0 Å². The molecule has 74 valence electrons. The van der Waals surface area contributed by atoms with Crippen LogP contribution in [0.2, 0.25) is 0 Å². The Morgan fingerprint density at radius 1 is 1.36 bits per heavy atom. The van der Waals surface area contributed by atoms with Crippen molar-refractivity contribution >= 4 is 0 Å². The summed E-state index contributed by atoms with van der Waals surface area (Å²) in [7, 11) is 1.81. The minimum Gasteiger partial charge on any atom is -0.374 e. The molecule has 0 bridgehead atoms. The van der Waals surface area contributed by atoms with Gasteiger partial charge < -0.3 is 4.74 Å². The zero-order valence-corrected chi connectivity index (χ0v) is 8.52. The average molecular weight is 188 g/mol. The number of hydrogen-bond acceptors (Lipinski definition) is 1. The zero-order valence-electron chi connectivity index (χ0n) is 8.52. The Balaban J connectivity index is 2.04. The van der Waals surface area contributed by atoms with Crippen LogP contribution in [-0.4, -0.2) is 12.7 Å². The predicted molar refractivity (Wildman–Crippen MR) is 56.8 cm³/mol. The number of rotatable bonds is 2. The van der Waals surface area contributed by atoms with Crippen LogP contribution in [0.5, 0.6) is 0 Å². The number of allylic oxidation sites excluding steroid dienone is 3. The first-order valence-electron chi connectivity index (χ1n) is 5.36. The fourth-order valence-corrected chi connectivity index (χ4v) is 3.61. The molecule has 3 aliphatic carbocycles. The van der Waals surface area contributed by atoms with E-state index in [4.69, 9.17) is 4.74 Å². The summed E-state index contributed by atoms with van der Waals surface area (Å²) in [6, 6.07) is 0. The van der Waals surface area contributed by atoms with E-state index < -0.39 is 0 Å². The zero-order chi connectivity index (χ0) is 9.76. The molecule has 3 aliphatic rings. The summed E-state index contributed by atoms with van der Waals surface area (Å²) in [5.74, 6) is 2.68. The van der Waals surface area contributed by atoms with Crippen molar-refractivity contribution < 1.29 is 4.74 Å². The average Bonchev–Trinajstić information content (AvgIpc) is 2.85. The van der Waals surface area contributed by atoms with Crippen molar-refractivity contribution in [3.63, 3.8) is 0 Å². The standard InChI is InChI=1S/C13H16O/c1-3-13(14-2)8-10-5-4-9-6-7-11(13)12(9)10/h3-7,9-12H,1,8H2,2H3/t9-,10-,11-,12-,13-/m0/s1. The summed E-state index contributed by atoms with van der Waals surface area (Å²) in [4.78, 5) is 0. The molecule has 1 fully saturated rings. The van der Waals surface area contributed by atoms with Crippen LogP contribution in [0.1, 0.15) is 6.42 Å². The fourth-order valence-electron chi connectivity index (χ4n) is 3.61. The highest BCUT2D eigenvalue weighted by molar-refractivity contribution is 5.31. The van der Waals surface area contributed by atoms with Gasteiger partial charge in [-0.15, -0.1) is 6.58 Å². The smallest absolute Gasteiger partial charge is 0.0927 e. The molecule has 0 aromatic carbocycles. The largest absolute Gasteiger partial charge is 0.374 e. The van der Waals surface area contributed by atoms with Crippen LogP contribution in [0.3, 0.4) is 0 Å². The first kappa shape index (κ1) is 8.49. The monoisotopic (exact) mass is 188 g/mol. The first-order valence-corrected chi connectivity index (χ1v) is 5.36. The third kappa shape index (κ3) is 0.795. The molecule has 0 saturated heterocycles. The Morgan fingerprint density at radius 2 is 2.14 bits per heavy atom. The molecule has 0 heterocycles. The second-order valence-corrected chi connectivity index (χ2v) is 4.68. The van der Waals surface area contributed by atoms with E-state index in [2.05, 4.69) is 30.9 Å². The van der Waals surface area contributed by atoms with Crippen molar-refractivity contribution in [2.45, 2.75) is 12.0 Å². The second kappa shape index (κ2) is 2.60. The van der Waals surface area contributed by atoms with Crippen molar-refractivity contribution in [1.29, 1.82) is 0 Å². The van der Waals surface area contributed by atoms with E-state index in [-0.39, 0.29) is 5.60 Å². The second-order valence-electron chi connectivity index (χ2n) is 4.68. The summed E-state index contributed by atoms with van der Waals surface area (Å²) in [6.45, 7) is 3.95. The lowest BCUT2D eigenvalue weighted by Crippen LogP contribution is -2.33. The summed E-state index contributed by atoms with van der Waals surface area (Å²) >= 11 is 0. The molecule has 5 atom stereocenters. The van der Waals surface area contributed by atoms with Gasteiger partial charge in [-0.3, -0.25) is 0 Å². The molecular weight excluding hydrogens is 172 g/mol. The van der Waals surface area contributed by atoms with Gasteiger partial charge in [-0.05, 0) is 24.2 Å². The van der Waals surface area contributed by atoms with Crippen LogP contribution < -0.4 is 0 Å². The molecule has 1 saturated carbocycles. The number of hydrogen-bond donors (Lipinski definition) is 0. The molecule has 0 amide bonds. The molecule has 0 unspecified atom stereocenters. The molecule has 14 heavy (non-hydrogen) atoms. The summed E-state index contributed by atoms with van der Waals surface area (Å²) in [5, 5.41) is 0. The first-order chi connectivity index (χ1) is 6.80. The van der Waals surface area contributed by atoms with Crippen LogP contribution in [0, 0.1) is 23.7 Å². The van der Waals surface area contributed by atoms with Crippen LogP contribution >= 0.6 is 0 Å². The highest BCUT2D eigenvalue weighted by Crippen LogP contribution is 2.57. The molecule has 1 nitrogen and oxygen atoms in total. The van der Waals surface area contributed by atoms with E-state index in [0.717, 1.165) is 12.3 Å². The van der Waals surface area contributed by atoms with Gasteiger partial charge in [0.25, 0.3) is 0 Å². The highest BCUT2D eigenvalue weighted by Gasteiger charge is 2.55. The van der Waals surface area contributed by atoms with Crippen LogP contribution in [0.25, 0.3) is 0 Å². The lowest BCUT2D eigenvalue weighted by atomic mass is 9.85. The molecule has 0 aromatic rings. The summed E-state index contributed by atoms with van der Waals surface area (Å²) in [6.07, 6.45) is 12.5. The van der Waals surface area contributed by atoms with E-state index in [1.165, 1.54) is 0 Å². The molecule has 3 rings (SSSR count). The van der Waals surface area contributed by atoms with Gasteiger partial charge in [0.1, 0.15) is 0 Å². The van der Waals surface area contributed by atoms with Gasteiger partial charge in [0, 0.05) is 13.0 Å². The van der Waals surface area contributed by atoms with Crippen LogP contribution in [-0.2, 0) is 4.74 Å². The molecule has 0 N–H and O–H groups in total. The van der Waals surface area contributed by atoms with Gasteiger partial charge in [0.2, 0.25) is 0 Å².